The van der Waals surface area contributed by atoms with E-state index in [1.807, 2.05) is 35.2 Å². The SMILES string of the molecule is CCCCN(C(=O)Oc1ccccc1)C1CC1. The van der Waals surface area contributed by atoms with E-state index in [1.165, 1.54) is 0 Å². The summed E-state index contributed by atoms with van der Waals surface area (Å²) in [7, 11) is 0. The van der Waals surface area contributed by atoms with Gasteiger partial charge in [0.25, 0.3) is 0 Å². The molecule has 0 unspecified atom stereocenters. The fraction of sp³-hybridized carbons (Fsp3) is 0.500. The van der Waals surface area contributed by atoms with Gasteiger partial charge in [0.1, 0.15) is 5.75 Å². The van der Waals surface area contributed by atoms with Crippen LogP contribution in [0.15, 0.2) is 30.3 Å². The highest BCUT2D eigenvalue weighted by Gasteiger charge is 2.33. The van der Waals surface area contributed by atoms with Gasteiger partial charge in [0, 0.05) is 12.6 Å². The van der Waals surface area contributed by atoms with Crippen LogP contribution in [0.4, 0.5) is 4.79 Å². The lowest BCUT2D eigenvalue weighted by molar-refractivity contribution is 0.148. The quantitative estimate of drug-likeness (QED) is 0.779. The van der Waals surface area contributed by atoms with Crippen LogP contribution in [-0.4, -0.2) is 23.6 Å². The van der Waals surface area contributed by atoms with Crippen LogP contribution in [0.1, 0.15) is 32.6 Å². The molecule has 1 aliphatic rings. The number of amides is 1. The van der Waals surface area contributed by atoms with Crippen molar-refractivity contribution in [1.29, 1.82) is 0 Å². The summed E-state index contributed by atoms with van der Waals surface area (Å²) >= 11 is 0. The monoisotopic (exact) mass is 233 g/mol. The first-order valence-electron chi connectivity index (χ1n) is 6.34. The van der Waals surface area contributed by atoms with Crippen molar-refractivity contribution in [2.45, 2.75) is 38.6 Å². The standard InChI is InChI=1S/C14H19NO2/c1-2-3-11-15(12-9-10-12)14(16)17-13-7-5-4-6-8-13/h4-8,12H,2-3,9-11H2,1H3. The topological polar surface area (TPSA) is 29.5 Å². The number of hydrogen-bond donors (Lipinski definition) is 0. The van der Waals surface area contributed by atoms with Gasteiger partial charge in [-0.05, 0) is 31.4 Å². The maximum Gasteiger partial charge on any atom is 0.415 e. The third-order valence-corrected chi connectivity index (χ3v) is 2.92. The van der Waals surface area contributed by atoms with Gasteiger partial charge in [-0.15, -0.1) is 0 Å². The summed E-state index contributed by atoms with van der Waals surface area (Å²) in [4.78, 5) is 13.9. The van der Waals surface area contributed by atoms with Gasteiger partial charge < -0.3 is 9.64 Å². The highest BCUT2D eigenvalue weighted by Crippen LogP contribution is 2.28. The molecule has 92 valence electrons. The predicted molar refractivity (Wildman–Crippen MR) is 67.1 cm³/mol. The number of rotatable bonds is 5. The molecule has 0 aliphatic heterocycles. The zero-order valence-corrected chi connectivity index (χ0v) is 10.3. The van der Waals surface area contributed by atoms with Gasteiger partial charge in [-0.3, -0.25) is 0 Å². The zero-order chi connectivity index (χ0) is 12.1. The molecule has 0 bridgehead atoms. The summed E-state index contributed by atoms with van der Waals surface area (Å²) in [5, 5.41) is 0. The molecule has 1 saturated carbocycles. The van der Waals surface area contributed by atoms with Crippen molar-refractivity contribution in [2.24, 2.45) is 0 Å². The van der Waals surface area contributed by atoms with Gasteiger partial charge >= 0.3 is 6.09 Å². The Balaban J connectivity index is 1.92. The van der Waals surface area contributed by atoms with Crippen LogP contribution in [0.5, 0.6) is 5.75 Å². The Labute approximate surface area is 102 Å². The first kappa shape index (κ1) is 12.0. The van der Waals surface area contributed by atoms with Crippen molar-refractivity contribution in [3.05, 3.63) is 30.3 Å². The molecule has 0 heterocycles. The minimum absolute atomic E-state index is 0.202. The molecule has 1 amide bonds. The van der Waals surface area contributed by atoms with E-state index in [9.17, 15) is 4.79 Å². The first-order valence-corrected chi connectivity index (χ1v) is 6.34. The van der Waals surface area contributed by atoms with E-state index in [2.05, 4.69) is 6.92 Å². The molecular formula is C14H19NO2. The fourth-order valence-electron chi connectivity index (χ4n) is 1.79. The van der Waals surface area contributed by atoms with Gasteiger partial charge in [-0.2, -0.15) is 0 Å². The van der Waals surface area contributed by atoms with E-state index >= 15 is 0 Å². The summed E-state index contributed by atoms with van der Waals surface area (Å²) in [6.45, 7) is 2.94. The molecule has 1 aromatic carbocycles. The normalized spacial score (nSPS) is 14.4. The van der Waals surface area contributed by atoms with Gasteiger partial charge in [0.15, 0.2) is 0 Å². The van der Waals surface area contributed by atoms with Crippen molar-refractivity contribution in [3.8, 4) is 5.75 Å². The summed E-state index contributed by atoms with van der Waals surface area (Å²) in [5.74, 6) is 0.625. The Morgan fingerprint density at radius 1 is 1.35 bits per heavy atom. The molecule has 0 spiro atoms. The molecule has 17 heavy (non-hydrogen) atoms. The highest BCUT2D eigenvalue weighted by atomic mass is 16.6. The van der Waals surface area contributed by atoms with Crippen molar-refractivity contribution >= 4 is 6.09 Å². The van der Waals surface area contributed by atoms with Crippen molar-refractivity contribution in [3.63, 3.8) is 0 Å². The molecule has 2 rings (SSSR count). The fourth-order valence-corrected chi connectivity index (χ4v) is 1.79. The van der Waals surface area contributed by atoms with Crippen LogP contribution in [-0.2, 0) is 0 Å². The Bertz CT molecular complexity index is 360. The van der Waals surface area contributed by atoms with E-state index in [1.54, 1.807) is 0 Å². The number of unbranched alkanes of at least 4 members (excludes halogenated alkanes) is 1. The molecule has 3 heteroatoms. The molecule has 1 fully saturated rings. The summed E-state index contributed by atoms with van der Waals surface area (Å²) in [6.07, 6.45) is 4.18. The van der Waals surface area contributed by atoms with E-state index in [0.29, 0.717) is 11.8 Å². The second-order valence-electron chi connectivity index (χ2n) is 4.46. The molecule has 3 nitrogen and oxygen atoms in total. The van der Waals surface area contributed by atoms with Crippen molar-refractivity contribution in [1.82, 2.24) is 4.90 Å². The lowest BCUT2D eigenvalue weighted by Gasteiger charge is -2.21. The van der Waals surface area contributed by atoms with Crippen molar-refractivity contribution in [2.75, 3.05) is 6.54 Å². The number of carbonyl (C=O) groups is 1. The van der Waals surface area contributed by atoms with Crippen LogP contribution in [0.2, 0.25) is 0 Å². The number of nitrogens with zero attached hydrogens (tertiary/aromatic N) is 1. The minimum Gasteiger partial charge on any atom is -0.410 e. The summed E-state index contributed by atoms with van der Waals surface area (Å²) in [5.41, 5.74) is 0. The number of para-hydroxylation sites is 1. The number of ether oxygens (including phenoxy) is 1. The number of benzene rings is 1. The average molecular weight is 233 g/mol. The molecule has 1 aliphatic carbocycles. The summed E-state index contributed by atoms with van der Waals surface area (Å²) < 4.78 is 5.36. The average Bonchev–Trinajstić information content (AvgIpc) is 3.15. The van der Waals surface area contributed by atoms with Gasteiger partial charge in [-0.25, -0.2) is 4.79 Å². The molecule has 0 aromatic heterocycles. The lowest BCUT2D eigenvalue weighted by Crippen LogP contribution is -2.36. The van der Waals surface area contributed by atoms with E-state index < -0.39 is 0 Å². The Kier molecular flexibility index (Phi) is 4.02. The minimum atomic E-state index is -0.202. The third kappa shape index (κ3) is 3.48. The largest absolute Gasteiger partial charge is 0.415 e. The zero-order valence-electron chi connectivity index (χ0n) is 10.3. The number of hydrogen-bond acceptors (Lipinski definition) is 2. The lowest BCUT2D eigenvalue weighted by atomic mass is 10.3. The molecular weight excluding hydrogens is 214 g/mol. The number of carbonyl (C=O) groups excluding carboxylic acids is 1. The molecule has 1 aromatic rings. The molecule has 0 atom stereocenters. The Hall–Kier alpha value is -1.51. The molecule has 0 radical (unpaired) electrons. The van der Waals surface area contributed by atoms with Crippen LogP contribution in [0.3, 0.4) is 0 Å². The van der Waals surface area contributed by atoms with E-state index in [0.717, 1.165) is 32.2 Å². The van der Waals surface area contributed by atoms with Crippen molar-refractivity contribution < 1.29 is 9.53 Å². The molecule has 0 saturated heterocycles. The van der Waals surface area contributed by atoms with Gasteiger partial charge in [-0.1, -0.05) is 31.5 Å². The van der Waals surface area contributed by atoms with Crippen LogP contribution in [0.25, 0.3) is 0 Å². The second-order valence-corrected chi connectivity index (χ2v) is 4.46. The predicted octanol–water partition coefficient (Wildman–Crippen LogP) is 3.45. The Morgan fingerprint density at radius 2 is 2.06 bits per heavy atom. The molecule has 0 N–H and O–H groups in total. The highest BCUT2D eigenvalue weighted by molar-refractivity contribution is 5.71. The van der Waals surface area contributed by atoms with E-state index in [4.69, 9.17) is 4.74 Å². The van der Waals surface area contributed by atoms with Crippen LogP contribution >= 0.6 is 0 Å². The first-order chi connectivity index (χ1) is 8.31. The third-order valence-electron chi connectivity index (χ3n) is 2.92. The Morgan fingerprint density at radius 3 is 2.65 bits per heavy atom. The van der Waals surface area contributed by atoms with E-state index in [-0.39, 0.29) is 6.09 Å². The van der Waals surface area contributed by atoms with Crippen LogP contribution < -0.4 is 4.74 Å². The van der Waals surface area contributed by atoms with Crippen LogP contribution in [0, 0.1) is 0 Å². The second kappa shape index (κ2) is 5.71. The van der Waals surface area contributed by atoms with Gasteiger partial charge in [0.05, 0.1) is 0 Å². The maximum absolute atomic E-state index is 12.0. The maximum atomic E-state index is 12.0. The smallest absolute Gasteiger partial charge is 0.410 e. The van der Waals surface area contributed by atoms with Gasteiger partial charge in [0.2, 0.25) is 0 Å². The summed E-state index contributed by atoms with van der Waals surface area (Å²) in [6, 6.07) is 9.68.